The van der Waals surface area contributed by atoms with Crippen molar-refractivity contribution in [2.24, 2.45) is 0 Å². The second-order valence-corrected chi connectivity index (χ2v) is 8.89. The maximum atomic E-state index is 12.4. The number of thiophene rings is 1. The molecule has 0 bridgehead atoms. The minimum absolute atomic E-state index is 0.223. The minimum atomic E-state index is -0.244. The summed E-state index contributed by atoms with van der Waals surface area (Å²) in [5.74, 6) is -0.467. The molecule has 0 atom stereocenters. The zero-order chi connectivity index (χ0) is 20.1. The van der Waals surface area contributed by atoms with Crippen LogP contribution in [-0.2, 0) is 24.1 Å². The van der Waals surface area contributed by atoms with E-state index in [1.54, 1.807) is 11.3 Å². The second kappa shape index (κ2) is 9.52. The zero-order valence-electron chi connectivity index (χ0n) is 16.6. The smallest absolute Gasteiger partial charge is 0.273 e. The van der Waals surface area contributed by atoms with Crippen LogP contribution in [0.4, 0.5) is 0 Å². The number of hydrazine groups is 1. The van der Waals surface area contributed by atoms with Crippen LogP contribution in [0.25, 0.3) is 0 Å². The van der Waals surface area contributed by atoms with Crippen molar-refractivity contribution in [3.63, 3.8) is 0 Å². The summed E-state index contributed by atoms with van der Waals surface area (Å²) in [5.41, 5.74) is 9.14. The molecule has 2 aromatic rings. The first kappa shape index (κ1) is 20.8. The third kappa shape index (κ3) is 5.11. The monoisotopic (exact) mass is 418 g/mol. The largest absolute Gasteiger partial charge is 0.279 e. The van der Waals surface area contributed by atoms with Crippen molar-refractivity contribution >= 4 is 34.9 Å². The lowest BCUT2D eigenvalue weighted by atomic mass is 10.1. The molecule has 28 heavy (non-hydrogen) atoms. The highest BCUT2D eigenvalue weighted by Crippen LogP contribution is 2.28. The van der Waals surface area contributed by atoms with E-state index in [4.69, 9.17) is 0 Å². The molecule has 2 amide bonds. The van der Waals surface area contributed by atoms with Crippen molar-refractivity contribution < 1.29 is 9.59 Å². The highest BCUT2D eigenvalue weighted by atomic mass is 32.2. The van der Waals surface area contributed by atoms with Gasteiger partial charge in [0.05, 0.1) is 4.88 Å². The van der Waals surface area contributed by atoms with Gasteiger partial charge in [-0.25, -0.2) is 9.97 Å². The van der Waals surface area contributed by atoms with E-state index in [9.17, 15) is 9.59 Å². The van der Waals surface area contributed by atoms with Crippen molar-refractivity contribution in [1.29, 1.82) is 0 Å². The van der Waals surface area contributed by atoms with Crippen LogP contribution in [0.2, 0.25) is 0 Å². The number of amides is 2. The fourth-order valence-corrected chi connectivity index (χ4v) is 5.04. The number of carbonyl (C=O) groups excluding carboxylic acids is 2. The van der Waals surface area contributed by atoms with E-state index in [1.807, 2.05) is 26.2 Å². The van der Waals surface area contributed by atoms with Crippen LogP contribution in [-0.4, -0.2) is 28.0 Å². The van der Waals surface area contributed by atoms with E-state index in [1.165, 1.54) is 41.5 Å². The molecule has 0 fully saturated rings. The molecule has 1 aliphatic rings. The Morgan fingerprint density at radius 1 is 1.11 bits per heavy atom. The fraction of sp³-hybridized carbons (Fsp3) is 0.500. The van der Waals surface area contributed by atoms with Gasteiger partial charge in [-0.1, -0.05) is 18.2 Å². The second-order valence-electron chi connectivity index (χ2n) is 6.98. The van der Waals surface area contributed by atoms with Crippen molar-refractivity contribution in [1.82, 2.24) is 20.8 Å². The third-order valence-electron chi connectivity index (χ3n) is 4.97. The molecular formula is C20H26N4O2S2. The zero-order valence-corrected chi connectivity index (χ0v) is 18.2. The van der Waals surface area contributed by atoms with Gasteiger partial charge >= 0.3 is 0 Å². The molecule has 2 aromatic heterocycles. The van der Waals surface area contributed by atoms with Crippen LogP contribution in [0.5, 0.6) is 0 Å². The van der Waals surface area contributed by atoms with Crippen LogP contribution in [0.3, 0.4) is 0 Å². The average molecular weight is 419 g/mol. The lowest BCUT2D eigenvalue weighted by Gasteiger charge is -2.10. The van der Waals surface area contributed by atoms with Crippen LogP contribution in [0, 0.1) is 13.8 Å². The number of aromatic nitrogens is 2. The summed E-state index contributed by atoms with van der Waals surface area (Å²) < 4.78 is 0. The third-order valence-corrected chi connectivity index (χ3v) is 6.75. The van der Waals surface area contributed by atoms with Crippen molar-refractivity contribution in [2.45, 2.75) is 63.9 Å². The molecule has 3 rings (SSSR count). The first-order valence-corrected chi connectivity index (χ1v) is 11.6. The molecule has 0 saturated carbocycles. The van der Waals surface area contributed by atoms with E-state index in [-0.39, 0.29) is 18.2 Å². The number of nitrogens with one attached hydrogen (secondary N) is 2. The predicted molar refractivity (Wildman–Crippen MR) is 113 cm³/mol. The number of hydrogen-bond donors (Lipinski definition) is 2. The first-order chi connectivity index (χ1) is 13.5. The lowest BCUT2D eigenvalue weighted by Crippen LogP contribution is -2.41. The van der Waals surface area contributed by atoms with Crippen molar-refractivity contribution in [3.05, 3.63) is 38.3 Å². The van der Waals surface area contributed by atoms with Gasteiger partial charge in [0.2, 0.25) is 5.91 Å². The number of carbonyl (C=O) groups is 2. The molecule has 0 aromatic carbocycles. The summed E-state index contributed by atoms with van der Waals surface area (Å²) in [6.07, 6.45) is 8.47. The number of rotatable bonds is 5. The quantitative estimate of drug-likeness (QED) is 0.336. The van der Waals surface area contributed by atoms with Gasteiger partial charge in [0, 0.05) is 22.7 Å². The van der Waals surface area contributed by atoms with Gasteiger partial charge < -0.3 is 0 Å². The number of thioether (sulfide) groups is 1. The van der Waals surface area contributed by atoms with Gasteiger partial charge in [0.1, 0.15) is 0 Å². The van der Waals surface area contributed by atoms with Gasteiger partial charge in [0.15, 0.2) is 5.16 Å². The number of hydrogen-bond acceptors (Lipinski definition) is 6. The standard InChI is InChI=1S/C20H26N4O2S2/c1-12-15(13(2)22-20(21-12)27-3)9-10-18(25)23-24-19(26)17-11-14-7-5-4-6-8-16(14)28-17/h11H,4-10H2,1-3H3,(H,23,25)(H,24,26). The van der Waals surface area contributed by atoms with Crippen molar-refractivity contribution in [2.75, 3.05) is 6.26 Å². The first-order valence-electron chi connectivity index (χ1n) is 9.56. The van der Waals surface area contributed by atoms with Gasteiger partial charge in [-0.05, 0) is 69.4 Å². The maximum Gasteiger partial charge on any atom is 0.279 e. The lowest BCUT2D eigenvalue weighted by molar-refractivity contribution is -0.121. The van der Waals surface area contributed by atoms with Crippen LogP contribution >= 0.6 is 23.1 Å². The van der Waals surface area contributed by atoms with E-state index in [2.05, 4.69) is 20.8 Å². The molecule has 0 aliphatic heterocycles. The average Bonchev–Trinajstić information content (AvgIpc) is 2.95. The number of nitrogens with zero attached hydrogens (tertiary/aromatic N) is 2. The van der Waals surface area contributed by atoms with E-state index in [0.717, 1.165) is 34.9 Å². The molecule has 0 unspecified atom stereocenters. The SMILES string of the molecule is CSc1nc(C)c(CCC(=O)NNC(=O)c2cc3c(s2)CCCCC3)c(C)n1. The molecule has 6 nitrogen and oxygen atoms in total. The van der Waals surface area contributed by atoms with E-state index in [0.29, 0.717) is 11.3 Å². The van der Waals surface area contributed by atoms with Gasteiger partial charge in [0.25, 0.3) is 5.91 Å². The Bertz CT molecular complexity index is 833. The Morgan fingerprint density at radius 3 is 2.54 bits per heavy atom. The molecule has 0 saturated heterocycles. The summed E-state index contributed by atoms with van der Waals surface area (Å²) in [7, 11) is 0. The summed E-state index contributed by atoms with van der Waals surface area (Å²) in [4.78, 5) is 35.4. The molecule has 8 heteroatoms. The molecule has 1 aliphatic carbocycles. The summed E-state index contributed by atoms with van der Waals surface area (Å²) in [6.45, 7) is 3.87. The number of aryl methyl sites for hydroxylation is 4. The topological polar surface area (TPSA) is 84.0 Å². The Balaban J connectivity index is 1.51. The van der Waals surface area contributed by atoms with E-state index < -0.39 is 0 Å². The molecule has 0 radical (unpaired) electrons. The van der Waals surface area contributed by atoms with Crippen LogP contribution < -0.4 is 10.9 Å². The Hall–Kier alpha value is -1.93. The molecule has 2 heterocycles. The molecule has 2 N–H and O–H groups in total. The molecule has 150 valence electrons. The summed E-state index contributed by atoms with van der Waals surface area (Å²) >= 11 is 3.05. The molecule has 0 spiro atoms. The molecular weight excluding hydrogens is 392 g/mol. The normalized spacial score (nSPS) is 13.5. The minimum Gasteiger partial charge on any atom is -0.273 e. The Labute approximate surface area is 173 Å². The van der Waals surface area contributed by atoms with Gasteiger partial charge in [-0.15, -0.1) is 11.3 Å². The highest BCUT2D eigenvalue weighted by molar-refractivity contribution is 7.98. The Kier molecular flexibility index (Phi) is 7.07. The Morgan fingerprint density at radius 2 is 1.82 bits per heavy atom. The van der Waals surface area contributed by atoms with Crippen molar-refractivity contribution in [3.8, 4) is 0 Å². The van der Waals surface area contributed by atoms with Crippen LogP contribution in [0.1, 0.15) is 62.7 Å². The summed E-state index contributed by atoms with van der Waals surface area (Å²) in [5, 5.41) is 0.741. The highest BCUT2D eigenvalue weighted by Gasteiger charge is 2.17. The predicted octanol–water partition coefficient (Wildman–Crippen LogP) is 3.54. The van der Waals surface area contributed by atoms with Gasteiger partial charge in [-0.3, -0.25) is 20.4 Å². The maximum absolute atomic E-state index is 12.4. The van der Waals surface area contributed by atoms with Crippen LogP contribution in [0.15, 0.2) is 11.2 Å². The number of fused-ring (bicyclic) bond motifs is 1. The van der Waals surface area contributed by atoms with Gasteiger partial charge in [-0.2, -0.15) is 0 Å². The fourth-order valence-electron chi connectivity index (χ4n) is 3.43. The van der Waals surface area contributed by atoms with E-state index >= 15 is 0 Å². The summed E-state index contributed by atoms with van der Waals surface area (Å²) in [6, 6.07) is 1.98.